The van der Waals surface area contributed by atoms with Gasteiger partial charge in [0.2, 0.25) is 0 Å². The van der Waals surface area contributed by atoms with Gasteiger partial charge in [-0.2, -0.15) is 0 Å². The molecular weight excluding hydrogens is 260 g/mol. The molecule has 0 saturated heterocycles. The Bertz CT molecular complexity index is 446. The van der Waals surface area contributed by atoms with E-state index in [0.29, 0.717) is 12.0 Å². The monoisotopic (exact) mass is 286 g/mol. The summed E-state index contributed by atoms with van der Waals surface area (Å²) in [5, 5.41) is 4.62. The van der Waals surface area contributed by atoms with Crippen LogP contribution in [0.1, 0.15) is 69.8 Å². The number of hydrogen-bond donors (Lipinski definition) is 0. The first-order valence-electron chi connectivity index (χ1n) is 8.57. The van der Waals surface area contributed by atoms with Gasteiger partial charge in [-0.15, -0.1) is 0 Å². The first-order chi connectivity index (χ1) is 10.4. The Kier molecular flexibility index (Phi) is 5.25. The molecule has 3 rings (SSSR count). The van der Waals surface area contributed by atoms with Gasteiger partial charge >= 0.3 is 0 Å². The van der Waals surface area contributed by atoms with Crippen molar-refractivity contribution in [2.75, 3.05) is 0 Å². The Hall–Kier alpha value is -1.38. The molecule has 0 aromatic carbocycles. The number of rotatable bonds is 4. The largest absolute Gasteiger partial charge is 0.392 e. The normalized spacial score (nSPS) is 22.2. The van der Waals surface area contributed by atoms with Crippen LogP contribution in [0.2, 0.25) is 0 Å². The summed E-state index contributed by atoms with van der Waals surface area (Å²) in [7, 11) is 0. The highest BCUT2D eigenvalue weighted by atomic mass is 16.6. The van der Waals surface area contributed by atoms with Gasteiger partial charge in [-0.05, 0) is 50.7 Å². The van der Waals surface area contributed by atoms with Crippen LogP contribution in [-0.4, -0.2) is 16.8 Å². The van der Waals surface area contributed by atoms with Crippen molar-refractivity contribution in [3.63, 3.8) is 0 Å². The lowest BCUT2D eigenvalue weighted by atomic mass is 9.84. The van der Waals surface area contributed by atoms with Crippen LogP contribution in [-0.2, 0) is 4.84 Å². The van der Waals surface area contributed by atoms with Crippen molar-refractivity contribution in [2.24, 2.45) is 11.1 Å². The molecule has 2 aliphatic carbocycles. The summed E-state index contributed by atoms with van der Waals surface area (Å²) in [4.78, 5) is 10.2. The van der Waals surface area contributed by atoms with Crippen molar-refractivity contribution in [1.29, 1.82) is 0 Å². The van der Waals surface area contributed by atoms with Gasteiger partial charge in [-0.1, -0.05) is 30.8 Å². The first-order valence-corrected chi connectivity index (χ1v) is 8.57. The highest BCUT2D eigenvalue weighted by Gasteiger charge is 2.22. The molecule has 0 amide bonds. The third kappa shape index (κ3) is 4.05. The van der Waals surface area contributed by atoms with Crippen LogP contribution < -0.4 is 0 Å². The lowest BCUT2D eigenvalue weighted by Crippen LogP contribution is -2.21. The number of oxime groups is 1. The molecule has 2 fully saturated rings. The minimum absolute atomic E-state index is 0.328. The highest BCUT2D eigenvalue weighted by Crippen LogP contribution is 2.28. The van der Waals surface area contributed by atoms with Crippen molar-refractivity contribution >= 4 is 5.71 Å². The maximum absolute atomic E-state index is 5.91. The molecule has 0 bridgehead atoms. The van der Waals surface area contributed by atoms with Gasteiger partial charge in [0.1, 0.15) is 6.10 Å². The van der Waals surface area contributed by atoms with Crippen LogP contribution in [0, 0.1) is 5.92 Å². The minimum atomic E-state index is 0.328. The predicted molar refractivity (Wildman–Crippen MR) is 85.3 cm³/mol. The smallest absolute Gasteiger partial charge is 0.127 e. The van der Waals surface area contributed by atoms with E-state index in [0.717, 1.165) is 24.1 Å². The van der Waals surface area contributed by atoms with Crippen molar-refractivity contribution in [3.8, 4) is 0 Å². The molecule has 114 valence electrons. The summed E-state index contributed by atoms with van der Waals surface area (Å²) in [5.74, 6) is 0.548. The quantitative estimate of drug-likeness (QED) is 0.593. The molecule has 21 heavy (non-hydrogen) atoms. The fourth-order valence-electron chi connectivity index (χ4n) is 3.56. The van der Waals surface area contributed by atoms with Gasteiger partial charge in [0, 0.05) is 23.9 Å². The van der Waals surface area contributed by atoms with E-state index >= 15 is 0 Å². The topological polar surface area (TPSA) is 34.5 Å². The van der Waals surface area contributed by atoms with E-state index in [9.17, 15) is 0 Å². The average molecular weight is 286 g/mol. The maximum atomic E-state index is 5.91. The van der Waals surface area contributed by atoms with E-state index < -0.39 is 0 Å². The molecule has 2 aliphatic rings. The Morgan fingerprint density at radius 2 is 1.71 bits per heavy atom. The first kappa shape index (κ1) is 14.6. The van der Waals surface area contributed by atoms with Crippen LogP contribution >= 0.6 is 0 Å². The van der Waals surface area contributed by atoms with Crippen molar-refractivity contribution in [3.05, 3.63) is 30.1 Å². The Morgan fingerprint density at radius 1 is 1.00 bits per heavy atom. The molecule has 2 saturated carbocycles. The summed E-state index contributed by atoms with van der Waals surface area (Å²) >= 11 is 0. The molecule has 1 aromatic heterocycles. The summed E-state index contributed by atoms with van der Waals surface area (Å²) < 4.78 is 0. The number of hydrogen-bond acceptors (Lipinski definition) is 3. The molecule has 0 spiro atoms. The maximum Gasteiger partial charge on any atom is 0.127 e. The van der Waals surface area contributed by atoms with Crippen LogP contribution in [0.5, 0.6) is 0 Å². The van der Waals surface area contributed by atoms with Crippen LogP contribution in [0.4, 0.5) is 0 Å². The molecule has 0 unspecified atom stereocenters. The summed E-state index contributed by atoms with van der Waals surface area (Å²) in [6.07, 6.45) is 16.8. The van der Waals surface area contributed by atoms with Crippen molar-refractivity contribution in [2.45, 2.75) is 70.3 Å². The fourth-order valence-corrected chi connectivity index (χ4v) is 3.56. The van der Waals surface area contributed by atoms with Crippen LogP contribution in [0.15, 0.2) is 29.7 Å². The zero-order chi connectivity index (χ0) is 14.3. The number of nitrogens with zero attached hydrogens (tertiary/aromatic N) is 2. The second kappa shape index (κ2) is 7.58. The lowest BCUT2D eigenvalue weighted by molar-refractivity contribution is 0.0319. The van der Waals surface area contributed by atoms with Gasteiger partial charge in [0.15, 0.2) is 0 Å². The second-order valence-corrected chi connectivity index (χ2v) is 6.42. The van der Waals surface area contributed by atoms with Gasteiger partial charge in [0.05, 0.1) is 5.71 Å². The highest BCUT2D eigenvalue weighted by molar-refractivity contribution is 6.01. The van der Waals surface area contributed by atoms with Gasteiger partial charge < -0.3 is 4.84 Å². The van der Waals surface area contributed by atoms with Gasteiger partial charge in [-0.3, -0.25) is 4.98 Å². The SMILES string of the molecule is c1cncc(C(=NOC2CCCCC2)C2CCCCC2)c1. The molecule has 1 aromatic rings. The fraction of sp³-hybridized carbons (Fsp3) is 0.667. The predicted octanol–water partition coefficient (Wildman–Crippen LogP) is 4.72. The molecule has 1 heterocycles. The third-order valence-corrected chi connectivity index (χ3v) is 4.80. The van der Waals surface area contributed by atoms with Gasteiger partial charge in [0.25, 0.3) is 0 Å². The zero-order valence-corrected chi connectivity index (χ0v) is 12.8. The molecule has 0 aliphatic heterocycles. The molecule has 0 radical (unpaired) electrons. The van der Waals surface area contributed by atoms with Crippen molar-refractivity contribution < 1.29 is 4.84 Å². The van der Waals surface area contributed by atoms with E-state index in [1.54, 1.807) is 0 Å². The molecule has 0 atom stereocenters. The molecule has 0 N–H and O–H groups in total. The van der Waals surface area contributed by atoms with E-state index in [2.05, 4.69) is 16.2 Å². The van der Waals surface area contributed by atoms with E-state index in [1.807, 2.05) is 18.5 Å². The summed E-state index contributed by atoms with van der Waals surface area (Å²) in [6.45, 7) is 0. The van der Waals surface area contributed by atoms with Gasteiger partial charge in [-0.25, -0.2) is 0 Å². The zero-order valence-electron chi connectivity index (χ0n) is 12.8. The summed E-state index contributed by atoms with van der Waals surface area (Å²) in [5.41, 5.74) is 2.27. The van der Waals surface area contributed by atoms with Crippen LogP contribution in [0.25, 0.3) is 0 Å². The Labute approximate surface area is 127 Å². The molecule has 3 heteroatoms. The lowest BCUT2D eigenvalue weighted by Gasteiger charge is -2.25. The Morgan fingerprint density at radius 3 is 2.38 bits per heavy atom. The number of aromatic nitrogens is 1. The number of pyridine rings is 1. The molecule has 3 nitrogen and oxygen atoms in total. The Balaban J connectivity index is 1.74. The van der Waals surface area contributed by atoms with E-state index in [1.165, 1.54) is 51.4 Å². The van der Waals surface area contributed by atoms with E-state index in [-0.39, 0.29) is 0 Å². The van der Waals surface area contributed by atoms with E-state index in [4.69, 9.17) is 4.84 Å². The van der Waals surface area contributed by atoms with Crippen molar-refractivity contribution in [1.82, 2.24) is 4.98 Å². The average Bonchev–Trinajstić information content (AvgIpc) is 2.58. The minimum Gasteiger partial charge on any atom is -0.392 e. The third-order valence-electron chi connectivity index (χ3n) is 4.80. The second-order valence-electron chi connectivity index (χ2n) is 6.42. The van der Waals surface area contributed by atoms with Crippen LogP contribution in [0.3, 0.4) is 0 Å². The molecular formula is C18H26N2O. The standard InChI is InChI=1S/C18H26N2O/c1-3-8-15(9-4-1)18(16-10-7-13-19-14-16)20-21-17-11-5-2-6-12-17/h7,10,13-15,17H,1-6,8-9,11-12H2. The summed E-state index contributed by atoms with van der Waals surface area (Å²) in [6, 6.07) is 4.11.